The Hall–Kier alpha value is -2.94. The highest BCUT2D eigenvalue weighted by molar-refractivity contribution is 7.90. The van der Waals surface area contributed by atoms with E-state index in [4.69, 9.17) is 9.47 Å². The number of benzene rings is 2. The van der Waals surface area contributed by atoms with Crippen LogP contribution in [0.5, 0.6) is 5.75 Å². The second kappa shape index (κ2) is 7.36. The average molecular weight is 392 g/mol. The van der Waals surface area contributed by atoms with E-state index in [1.54, 1.807) is 31.3 Å². The molecule has 1 aliphatic heterocycles. The molecule has 2 aromatic rings. The highest BCUT2D eigenvalue weighted by Gasteiger charge is 2.31. The van der Waals surface area contributed by atoms with Crippen molar-refractivity contribution in [3.05, 3.63) is 59.4 Å². The molecule has 0 aromatic heterocycles. The number of rotatable bonds is 5. The van der Waals surface area contributed by atoms with Crippen molar-refractivity contribution in [2.24, 2.45) is 4.40 Å². The van der Waals surface area contributed by atoms with Crippen LogP contribution in [0.3, 0.4) is 0 Å². The van der Waals surface area contributed by atoms with Crippen molar-refractivity contribution in [2.75, 3.05) is 20.7 Å². The van der Waals surface area contributed by atoms with Crippen LogP contribution in [0.2, 0.25) is 0 Å². The Bertz CT molecular complexity index is 1020. The summed E-state index contributed by atoms with van der Waals surface area (Å²) in [5, 5.41) is 0. The molecule has 27 heavy (non-hydrogen) atoms. The molecule has 1 heterocycles. The number of fused-ring (bicyclic) bond motifs is 1. The first-order chi connectivity index (χ1) is 12.8. The minimum atomic E-state index is -3.76. The van der Waals surface area contributed by atoms with E-state index in [-0.39, 0.29) is 29.6 Å². The van der Waals surface area contributed by atoms with Crippen LogP contribution in [0.15, 0.2) is 51.8 Å². The van der Waals surface area contributed by atoms with Crippen molar-refractivity contribution >= 4 is 21.8 Å². The molecule has 0 amide bonds. The number of amidine groups is 1. The summed E-state index contributed by atoms with van der Waals surface area (Å²) in [7, 11) is -0.856. The van der Waals surface area contributed by atoms with Gasteiger partial charge in [-0.25, -0.2) is 4.39 Å². The maximum Gasteiger partial charge on any atom is 0.325 e. The Labute approximate surface area is 156 Å². The van der Waals surface area contributed by atoms with E-state index in [2.05, 4.69) is 4.40 Å². The second-order valence-electron chi connectivity index (χ2n) is 5.87. The average Bonchev–Trinajstić information content (AvgIpc) is 2.92. The summed E-state index contributed by atoms with van der Waals surface area (Å²) in [4.78, 5) is 13.6. The lowest BCUT2D eigenvalue weighted by Gasteiger charge is -2.18. The van der Waals surface area contributed by atoms with E-state index < -0.39 is 21.8 Å². The van der Waals surface area contributed by atoms with Crippen LogP contribution in [0.1, 0.15) is 11.1 Å². The summed E-state index contributed by atoms with van der Waals surface area (Å²) in [6.07, 6.45) is 0. The zero-order valence-corrected chi connectivity index (χ0v) is 15.5. The topological polar surface area (TPSA) is 85.3 Å². The fraction of sp³-hybridized carbons (Fsp3) is 0.222. The van der Waals surface area contributed by atoms with Gasteiger partial charge < -0.3 is 14.4 Å². The van der Waals surface area contributed by atoms with Gasteiger partial charge in [0.05, 0.1) is 7.11 Å². The number of hydrogen-bond acceptors (Lipinski definition) is 6. The van der Waals surface area contributed by atoms with Crippen LogP contribution in [0.25, 0.3) is 0 Å². The molecule has 7 nitrogen and oxygen atoms in total. The molecule has 0 saturated heterocycles. The lowest BCUT2D eigenvalue weighted by Crippen LogP contribution is -2.32. The van der Waals surface area contributed by atoms with Crippen molar-refractivity contribution in [3.8, 4) is 5.75 Å². The molecule has 0 unspecified atom stereocenters. The van der Waals surface area contributed by atoms with Crippen LogP contribution in [-0.2, 0) is 26.2 Å². The molecule has 2 aromatic carbocycles. The van der Waals surface area contributed by atoms with E-state index in [0.29, 0.717) is 11.1 Å². The van der Waals surface area contributed by atoms with E-state index in [0.717, 1.165) is 0 Å². The Balaban J connectivity index is 1.64. The van der Waals surface area contributed by atoms with Crippen molar-refractivity contribution in [1.29, 1.82) is 0 Å². The number of likely N-dealkylation sites (N-methyl/N-ethyl adjacent to an activating group) is 1. The molecular weight excluding hydrogens is 375 g/mol. The number of methoxy groups -OCH3 is 1. The van der Waals surface area contributed by atoms with Crippen LogP contribution in [-0.4, -0.2) is 45.8 Å². The molecule has 0 saturated carbocycles. The SMILES string of the molecule is COc1ccc(COC(=O)CN(C)C2=NS(=O)(=O)c3ccccc32)cc1F. The number of nitrogens with zero attached hydrogens (tertiary/aromatic N) is 2. The minimum absolute atomic E-state index is 0.101. The Morgan fingerprint density at radius 1 is 1.22 bits per heavy atom. The van der Waals surface area contributed by atoms with Crippen LogP contribution in [0.4, 0.5) is 4.39 Å². The standard InChI is InChI=1S/C18H17FN2O5S/c1-21(18-13-5-3-4-6-16(13)27(23,24)20-18)10-17(22)26-11-12-7-8-15(25-2)14(19)9-12/h3-9H,10-11H2,1-2H3. The summed E-state index contributed by atoms with van der Waals surface area (Å²) >= 11 is 0. The summed E-state index contributed by atoms with van der Waals surface area (Å²) < 4.78 is 51.5. The molecule has 0 bridgehead atoms. The first-order valence-electron chi connectivity index (χ1n) is 7.95. The molecule has 9 heteroatoms. The number of carbonyl (C=O) groups excluding carboxylic acids is 1. The molecule has 0 atom stereocenters. The third-order valence-electron chi connectivity index (χ3n) is 3.96. The van der Waals surface area contributed by atoms with Gasteiger partial charge >= 0.3 is 5.97 Å². The zero-order chi connectivity index (χ0) is 19.6. The lowest BCUT2D eigenvalue weighted by molar-refractivity contribution is -0.145. The van der Waals surface area contributed by atoms with E-state index >= 15 is 0 Å². The Morgan fingerprint density at radius 2 is 1.96 bits per heavy atom. The number of ether oxygens (including phenoxy) is 2. The maximum atomic E-state index is 13.7. The highest BCUT2D eigenvalue weighted by Crippen LogP contribution is 2.26. The monoisotopic (exact) mass is 392 g/mol. The fourth-order valence-electron chi connectivity index (χ4n) is 2.64. The van der Waals surface area contributed by atoms with E-state index in [1.807, 2.05) is 0 Å². The van der Waals surface area contributed by atoms with Gasteiger partial charge in [0.25, 0.3) is 10.0 Å². The molecule has 142 valence electrons. The van der Waals surface area contributed by atoms with Crippen molar-refractivity contribution in [2.45, 2.75) is 11.5 Å². The molecule has 0 aliphatic carbocycles. The van der Waals surface area contributed by atoms with Crippen LogP contribution < -0.4 is 4.74 Å². The van der Waals surface area contributed by atoms with Gasteiger partial charge in [-0.1, -0.05) is 18.2 Å². The number of hydrogen-bond donors (Lipinski definition) is 0. The molecule has 0 N–H and O–H groups in total. The van der Waals surface area contributed by atoms with Gasteiger partial charge in [-0.3, -0.25) is 4.79 Å². The zero-order valence-electron chi connectivity index (χ0n) is 14.7. The molecule has 0 spiro atoms. The van der Waals surface area contributed by atoms with Crippen LogP contribution in [0, 0.1) is 5.82 Å². The quantitative estimate of drug-likeness (QED) is 0.723. The summed E-state index contributed by atoms with van der Waals surface area (Å²) in [5.41, 5.74) is 0.903. The summed E-state index contributed by atoms with van der Waals surface area (Å²) in [5.74, 6) is -0.870. The molecule has 0 fully saturated rings. The largest absolute Gasteiger partial charge is 0.494 e. The number of sulfonamides is 1. The predicted octanol–water partition coefficient (Wildman–Crippen LogP) is 1.96. The Morgan fingerprint density at radius 3 is 2.67 bits per heavy atom. The summed E-state index contributed by atoms with van der Waals surface area (Å²) in [6.45, 7) is -0.323. The predicted molar refractivity (Wildman–Crippen MR) is 95.5 cm³/mol. The van der Waals surface area contributed by atoms with Gasteiger partial charge in [-0.2, -0.15) is 8.42 Å². The fourth-order valence-corrected chi connectivity index (χ4v) is 3.89. The van der Waals surface area contributed by atoms with Gasteiger partial charge in [0.1, 0.15) is 18.0 Å². The van der Waals surface area contributed by atoms with Gasteiger partial charge in [-0.05, 0) is 29.8 Å². The van der Waals surface area contributed by atoms with Gasteiger partial charge in [0.2, 0.25) is 0 Å². The maximum absolute atomic E-state index is 13.7. The number of esters is 1. The van der Waals surface area contributed by atoms with Crippen LogP contribution >= 0.6 is 0 Å². The van der Waals surface area contributed by atoms with E-state index in [9.17, 15) is 17.6 Å². The smallest absolute Gasteiger partial charge is 0.325 e. The minimum Gasteiger partial charge on any atom is -0.494 e. The Kier molecular flexibility index (Phi) is 5.13. The first kappa shape index (κ1) is 18.8. The van der Waals surface area contributed by atoms with Crippen molar-refractivity contribution in [1.82, 2.24) is 4.90 Å². The lowest BCUT2D eigenvalue weighted by atomic mass is 10.2. The van der Waals surface area contributed by atoms with Gasteiger partial charge in [-0.15, -0.1) is 4.40 Å². The van der Waals surface area contributed by atoms with Gasteiger partial charge in [0, 0.05) is 12.6 Å². The highest BCUT2D eigenvalue weighted by atomic mass is 32.2. The third kappa shape index (κ3) is 3.92. The van der Waals surface area contributed by atoms with Crippen molar-refractivity contribution in [3.63, 3.8) is 0 Å². The molecule has 1 aliphatic rings. The van der Waals surface area contributed by atoms with Gasteiger partial charge in [0.15, 0.2) is 17.4 Å². The number of carbonyl (C=O) groups is 1. The molecule has 3 rings (SSSR count). The van der Waals surface area contributed by atoms with Crippen molar-refractivity contribution < 1.29 is 27.1 Å². The van der Waals surface area contributed by atoms with E-state index in [1.165, 1.54) is 30.2 Å². The summed E-state index contributed by atoms with van der Waals surface area (Å²) in [6, 6.07) is 10.6. The second-order valence-corrected chi connectivity index (χ2v) is 7.44. The molecular formula is C18H17FN2O5S. The molecule has 0 radical (unpaired) electrons. The third-order valence-corrected chi connectivity index (χ3v) is 5.28. The number of halogens is 1. The normalized spacial score (nSPS) is 14.3. The first-order valence-corrected chi connectivity index (χ1v) is 9.39.